The van der Waals surface area contributed by atoms with E-state index in [4.69, 9.17) is 11.6 Å². The minimum absolute atomic E-state index is 0.0416. The van der Waals surface area contributed by atoms with Crippen molar-refractivity contribution in [3.63, 3.8) is 0 Å². The van der Waals surface area contributed by atoms with Gasteiger partial charge in [-0.15, -0.1) is 0 Å². The van der Waals surface area contributed by atoms with Gasteiger partial charge >= 0.3 is 6.03 Å². The number of hydrogen-bond donors (Lipinski definition) is 1. The highest BCUT2D eigenvalue weighted by molar-refractivity contribution is 6.32. The highest BCUT2D eigenvalue weighted by atomic mass is 35.5. The molecule has 0 atom stereocenters. The maximum absolute atomic E-state index is 13.7. The van der Waals surface area contributed by atoms with Crippen LogP contribution in [-0.4, -0.2) is 21.8 Å². The van der Waals surface area contributed by atoms with Crippen LogP contribution in [0.15, 0.2) is 48.2 Å². The minimum Gasteiger partial charge on any atom is -0.303 e. The Balaban J connectivity index is 1.87. The van der Waals surface area contributed by atoms with Crippen LogP contribution in [0.25, 0.3) is 6.08 Å². The number of rotatable bonds is 4. The van der Waals surface area contributed by atoms with Crippen LogP contribution in [0, 0.1) is 15.9 Å². The second kappa shape index (κ2) is 6.93. The molecular weight excluding hydrogens is 365 g/mol. The number of nitro benzene ring substituents is 1. The number of carbonyl (C=O) groups is 2. The Bertz CT molecular complexity index is 961. The predicted octanol–water partition coefficient (Wildman–Crippen LogP) is 3.48. The van der Waals surface area contributed by atoms with Crippen molar-refractivity contribution >= 4 is 35.3 Å². The molecule has 0 aliphatic carbocycles. The van der Waals surface area contributed by atoms with Gasteiger partial charge in [0.2, 0.25) is 0 Å². The van der Waals surface area contributed by atoms with Gasteiger partial charge in [-0.25, -0.2) is 9.18 Å². The number of urea groups is 1. The molecule has 0 aromatic heterocycles. The van der Waals surface area contributed by atoms with Crippen LogP contribution in [0.4, 0.5) is 14.9 Å². The van der Waals surface area contributed by atoms with Gasteiger partial charge in [0, 0.05) is 11.6 Å². The van der Waals surface area contributed by atoms with Crippen molar-refractivity contribution in [3.8, 4) is 0 Å². The summed E-state index contributed by atoms with van der Waals surface area (Å²) in [6, 6.07) is 9.09. The lowest BCUT2D eigenvalue weighted by Crippen LogP contribution is -2.30. The Morgan fingerprint density at radius 1 is 1.23 bits per heavy atom. The van der Waals surface area contributed by atoms with Crippen LogP contribution >= 0.6 is 11.6 Å². The summed E-state index contributed by atoms with van der Waals surface area (Å²) in [6.45, 7) is -0.227. The van der Waals surface area contributed by atoms with Crippen molar-refractivity contribution < 1.29 is 18.9 Å². The molecule has 0 radical (unpaired) electrons. The maximum Gasteiger partial charge on any atom is 0.329 e. The third-order valence-electron chi connectivity index (χ3n) is 3.73. The van der Waals surface area contributed by atoms with Gasteiger partial charge in [-0.05, 0) is 23.8 Å². The molecule has 1 aliphatic heterocycles. The van der Waals surface area contributed by atoms with E-state index in [1.54, 1.807) is 6.07 Å². The first-order chi connectivity index (χ1) is 12.4. The molecule has 2 aromatic rings. The molecule has 0 bridgehead atoms. The summed E-state index contributed by atoms with van der Waals surface area (Å²) in [6.07, 6.45) is 1.30. The Morgan fingerprint density at radius 3 is 2.65 bits per heavy atom. The first kappa shape index (κ1) is 17.6. The largest absolute Gasteiger partial charge is 0.329 e. The van der Waals surface area contributed by atoms with Crippen LogP contribution in [-0.2, 0) is 11.3 Å². The van der Waals surface area contributed by atoms with Gasteiger partial charge in [-0.2, -0.15) is 0 Å². The summed E-state index contributed by atoms with van der Waals surface area (Å²) in [5.74, 6) is -1.19. The molecule has 0 spiro atoms. The Hall–Kier alpha value is -3.26. The number of hydrogen-bond acceptors (Lipinski definition) is 4. The monoisotopic (exact) mass is 375 g/mol. The molecule has 0 saturated carbocycles. The Kier molecular flexibility index (Phi) is 4.68. The number of imide groups is 1. The number of amides is 3. The van der Waals surface area contributed by atoms with Gasteiger partial charge in [0.05, 0.1) is 11.5 Å². The lowest BCUT2D eigenvalue weighted by atomic mass is 10.1. The fourth-order valence-electron chi connectivity index (χ4n) is 2.44. The van der Waals surface area contributed by atoms with E-state index in [1.165, 1.54) is 42.5 Å². The smallest absolute Gasteiger partial charge is 0.303 e. The van der Waals surface area contributed by atoms with Crippen molar-refractivity contribution in [1.29, 1.82) is 0 Å². The molecule has 0 unspecified atom stereocenters. The molecule has 26 heavy (non-hydrogen) atoms. The number of nitro groups is 1. The summed E-state index contributed by atoms with van der Waals surface area (Å²) in [5.41, 5.74) is 0.126. The molecule has 9 heteroatoms. The van der Waals surface area contributed by atoms with E-state index >= 15 is 0 Å². The lowest BCUT2D eigenvalue weighted by Gasteiger charge is -2.12. The highest BCUT2D eigenvalue weighted by Gasteiger charge is 2.34. The van der Waals surface area contributed by atoms with E-state index in [0.717, 1.165) is 4.90 Å². The standard InChI is InChI=1S/C17H11ClFN3O4/c18-12-6-5-10(8-15(12)22(25)26)7-14-16(23)21(17(24)20-14)9-11-3-1-2-4-13(11)19/h1-8H,9H2,(H,20,24). The van der Waals surface area contributed by atoms with Gasteiger partial charge in [0.25, 0.3) is 11.6 Å². The normalized spacial score (nSPS) is 15.5. The molecular formula is C17H11ClFN3O4. The van der Waals surface area contributed by atoms with E-state index in [0.29, 0.717) is 5.56 Å². The summed E-state index contributed by atoms with van der Waals surface area (Å²) in [4.78, 5) is 35.6. The van der Waals surface area contributed by atoms with E-state index in [9.17, 15) is 24.1 Å². The maximum atomic E-state index is 13.7. The van der Waals surface area contributed by atoms with Gasteiger partial charge < -0.3 is 5.32 Å². The molecule has 1 saturated heterocycles. The molecule has 1 fully saturated rings. The molecule has 1 aliphatic rings. The summed E-state index contributed by atoms with van der Waals surface area (Å²) in [7, 11) is 0. The van der Waals surface area contributed by atoms with Gasteiger partial charge in [-0.3, -0.25) is 19.8 Å². The van der Waals surface area contributed by atoms with Crippen LogP contribution < -0.4 is 5.32 Å². The van der Waals surface area contributed by atoms with Crippen LogP contribution in [0.3, 0.4) is 0 Å². The molecule has 1 N–H and O–H groups in total. The molecule has 2 aromatic carbocycles. The third-order valence-corrected chi connectivity index (χ3v) is 4.05. The summed E-state index contributed by atoms with van der Waals surface area (Å²) >= 11 is 5.75. The van der Waals surface area contributed by atoms with E-state index in [1.807, 2.05) is 0 Å². The second-order valence-electron chi connectivity index (χ2n) is 5.44. The van der Waals surface area contributed by atoms with Gasteiger partial charge in [0.15, 0.2) is 0 Å². The van der Waals surface area contributed by atoms with Gasteiger partial charge in [-0.1, -0.05) is 35.9 Å². The van der Waals surface area contributed by atoms with Crippen molar-refractivity contribution in [1.82, 2.24) is 10.2 Å². The first-order valence-electron chi connectivity index (χ1n) is 7.38. The first-order valence-corrected chi connectivity index (χ1v) is 7.76. The molecule has 132 valence electrons. The Morgan fingerprint density at radius 2 is 1.96 bits per heavy atom. The number of nitrogens with one attached hydrogen (secondary N) is 1. The Labute approximate surface area is 151 Å². The number of halogens is 2. The number of carbonyl (C=O) groups excluding carboxylic acids is 2. The van der Waals surface area contributed by atoms with E-state index in [2.05, 4.69) is 5.32 Å². The molecule has 7 nitrogen and oxygen atoms in total. The zero-order valence-electron chi connectivity index (χ0n) is 13.1. The molecule has 3 rings (SSSR count). The fraction of sp³-hybridized carbons (Fsp3) is 0.0588. The minimum atomic E-state index is -0.701. The predicted molar refractivity (Wildman–Crippen MR) is 91.6 cm³/mol. The van der Waals surface area contributed by atoms with Crippen molar-refractivity contribution in [3.05, 3.63) is 80.2 Å². The number of nitrogens with zero attached hydrogens (tertiary/aromatic N) is 2. The van der Waals surface area contributed by atoms with E-state index < -0.39 is 22.7 Å². The third kappa shape index (κ3) is 3.40. The van der Waals surface area contributed by atoms with Crippen molar-refractivity contribution in [2.75, 3.05) is 0 Å². The van der Waals surface area contributed by atoms with Crippen LogP contribution in [0.2, 0.25) is 5.02 Å². The molecule has 3 amide bonds. The lowest BCUT2D eigenvalue weighted by molar-refractivity contribution is -0.384. The quantitative estimate of drug-likeness (QED) is 0.383. The summed E-state index contributed by atoms with van der Waals surface area (Å²) in [5, 5.41) is 13.3. The SMILES string of the molecule is O=C1NC(=Cc2ccc(Cl)c([N+](=O)[O-])c2)C(=O)N1Cc1ccccc1F. The summed E-state index contributed by atoms with van der Waals surface area (Å²) < 4.78 is 13.7. The van der Waals surface area contributed by atoms with Gasteiger partial charge in [0.1, 0.15) is 16.5 Å². The second-order valence-corrected chi connectivity index (χ2v) is 5.85. The average Bonchev–Trinajstić information content (AvgIpc) is 2.85. The average molecular weight is 376 g/mol. The molecule has 1 heterocycles. The van der Waals surface area contributed by atoms with Crippen molar-refractivity contribution in [2.24, 2.45) is 0 Å². The zero-order valence-corrected chi connectivity index (χ0v) is 13.9. The van der Waals surface area contributed by atoms with E-state index in [-0.39, 0.29) is 28.5 Å². The topological polar surface area (TPSA) is 92.5 Å². The zero-order chi connectivity index (χ0) is 18.8. The van der Waals surface area contributed by atoms with Crippen LogP contribution in [0.5, 0.6) is 0 Å². The number of benzene rings is 2. The highest BCUT2D eigenvalue weighted by Crippen LogP contribution is 2.26. The van der Waals surface area contributed by atoms with Crippen molar-refractivity contribution in [2.45, 2.75) is 6.54 Å². The van der Waals surface area contributed by atoms with Crippen LogP contribution in [0.1, 0.15) is 11.1 Å². The fourth-order valence-corrected chi connectivity index (χ4v) is 2.62.